The van der Waals surface area contributed by atoms with Gasteiger partial charge in [-0.15, -0.1) is 0 Å². The molecule has 6 heteroatoms. The van der Waals surface area contributed by atoms with Crippen molar-refractivity contribution in [3.63, 3.8) is 0 Å². The van der Waals surface area contributed by atoms with Gasteiger partial charge in [-0.05, 0) is 0 Å². The minimum absolute atomic E-state index is 0. The van der Waals surface area contributed by atoms with Crippen molar-refractivity contribution in [3.8, 4) is 0 Å². The molecule has 0 heterocycles. The molecule has 0 rings (SSSR count). The van der Waals surface area contributed by atoms with Gasteiger partial charge in [-0.1, -0.05) is 15.9 Å². The molecular weight excluding hydrogens is 223 g/mol. The summed E-state index contributed by atoms with van der Waals surface area (Å²) in [6.45, 7) is 0. The third kappa shape index (κ3) is 6.02. The number of halogens is 1. The van der Waals surface area contributed by atoms with Crippen LogP contribution >= 0.6 is 24.0 Å². The summed E-state index contributed by atoms with van der Waals surface area (Å²) < 4.78 is 9.84. The normalized spacial score (nSPS) is 16.4. The van der Waals surface area contributed by atoms with Gasteiger partial charge in [0.1, 0.15) is 5.85 Å². The molecule has 0 amide bonds. The molecule has 0 aromatic carbocycles. The number of aliphatic hydroxyl groups excluding tert-OH is 1. The zero-order chi connectivity index (χ0) is 5.86. The minimum atomic E-state index is -2.70. The molecule has 0 aromatic rings. The van der Waals surface area contributed by atoms with Gasteiger partial charge in [0.05, 0.1) is 0 Å². The van der Waals surface area contributed by atoms with Gasteiger partial charge in [-0.25, -0.2) is 0 Å². The first-order valence-corrected chi connectivity index (χ1v) is 4.20. The van der Waals surface area contributed by atoms with Crippen LogP contribution in [0.5, 0.6) is 0 Å². The fourth-order valence-electron chi connectivity index (χ4n) is 0.0660. The second-order valence-electron chi connectivity index (χ2n) is 1.01. The van der Waals surface area contributed by atoms with Crippen LogP contribution in [0, 0.1) is 0 Å². The molecule has 0 fully saturated rings. The van der Waals surface area contributed by atoms with Gasteiger partial charge in [-0.3, -0.25) is 4.57 Å². The summed E-state index contributed by atoms with van der Waals surface area (Å²) in [5.74, 6) is -1.08. The molecule has 3 nitrogen and oxygen atoms in total. The Morgan fingerprint density at radius 1 is 1.75 bits per heavy atom. The Hall–Kier alpha value is 1.89. The van der Waals surface area contributed by atoms with E-state index in [-0.39, 0.29) is 43.1 Å². The number of aliphatic hydroxyl groups is 1. The van der Waals surface area contributed by atoms with E-state index in [0.29, 0.717) is 0 Å². The predicted octanol–water partition coefficient (Wildman–Crippen LogP) is -0.750. The fourth-order valence-corrected chi connectivity index (χ4v) is 1.03. The van der Waals surface area contributed by atoms with E-state index >= 15 is 0 Å². The first-order chi connectivity index (χ1) is 3.18. The molecular formula is C2H8BrCaO3P. The van der Waals surface area contributed by atoms with Crippen LogP contribution in [0.4, 0.5) is 0 Å². The summed E-state index contributed by atoms with van der Waals surface area (Å²) in [7, 11) is -2.70. The van der Waals surface area contributed by atoms with Crippen LogP contribution in [0.1, 0.15) is 0 Å². The Bertz CT molecular complexity index is 79.7. The van der Waals surface area contributed by atoms with E-state index in [4.69, 9.17) is 10.00 Å². The van der Waals surface area contributed by atoms with Gasteiger partial charge in [0.15, 0.2) is 0 Å². The van der Waals surface area contributed by atoms with Crippen LogP contribution in [0.25, 0.3) is 0 Å². The molecule has 0 aromatic heterocycles. The molecule has 48 valence electrons. The standard InChI is InChI=1S/C2H6BrO3P.Ca.2H/c3-1-2(4)7(5)6;;;/h2,4,7H,1H2,(H,5,6);;;. The van der Waals surface area contributed by atoms with E-state index in [1.54, 1.807) is 0 Å². The van der Waals surface area contributed by atoms with Crippen LogP contribution in [0.2, 0.25) is 0 Å². The van der Waals surface area contributed by atoms with E-state index < -0.39 is 13.9 Å². The van der Waals surface area contributed by atoms with Gasteiger partial charge < -0.3 is 10.00 Å². The van der Waals surface area contributed by atoms with Crippen molar-refractivity contribution in [1.82, 2.24) is 0 Å². The van der Waals surface area contributed by atoms with Crippen LogP contribution in [0.3, 0.4) is 0 Å². The molecule has 0 saturated carbocycles. The van der Waals surface area contributed by atoms with Gasteiger partial charge in [0, 0.05) is 5.33 Å². The molecule has 0 aliphatic rings. The number of alkyl halides is 1. The molecule has 0 radical (unpaired) electrons. The maximum atomic E-state index is 9.84. The van der Waals surface area contributed by atoms with Crippen LogP contribution in [0.15, 0.2) is 0 Å². The molecule has 2 N–H and O–H groups in total. The summed E-state index contributed by atoms with van der Waals surface area (Å²) in [6.07, 6.45) is 0. The monoisotopic (exact) mass is 230 g/mol. The van der Waals surface area contributed by atoms with Crippen molar-refractivity contribution in [2.75, 3.05) is 5.33 Å². The number of rotatable bonds is 2. The molecule has 2 unspecified atom stereocenters. The van der Waals surface area contributed by atoms with Crippen molar-refractivity contribution in [2.24, 2.45) is 0 Å². The Balaban J connectivity index is 0. The van der Waals surface area contributed by atoms with E-state index in [1.165, 1.54) is 0 Å². The second kappa shape index (κ2) is 7.00. The Morgan fingerprint density at radius 3 is 2.12 bits per heavy atom. The fraction of sp³-hybridized carbons (Fsp3) is 1.00. The van der Waals surface area contributed by atoms with Crippen molar-refractivity contribution >= 4 is 61.7 Å². The van der Waals surface area contributed by atoms with Crippen LogP contribution < -0.4 is 0 Å². The number of hydrogen-bond donors (Lipinski definition) is 2. The zero-order valence-electron chi connectivity index (χ0n) is 3.47. The average Bonchev–Trinajstić information content (AvgIpc) is 1.65. The molecule has 0 saturated heterocycles. The summed E-state index contributed by atoms with van der Waals surface area (Å²) in [5.41, 5.74) is 0. The van der Waals surface area contributed by atoms with Crippen molar-refractivity contribution in [2.45, 2.75) is 5.85 Å². The summed E-state index contributed by atoms with van der Waals surface area (Å²) in [5, 5.41) is 8.54. The van der Waals surface area contributed by atoms with Crippen molar-refractivity contribution < 1.29 is 14.6 Å². The Morgan fingerprint density at radius 2 is 2.12 bits per heavy atom. The molecule has 0 spiro atoms. The van der Waals surface area contributed by atoms with E-state index in [1.807, 2.05) is 0 Å². The summed E-state index contributed by atoms with van der Waals surface area (Å²) in [4.78, 5) is 8.09. The predicted molar refractivity (Wildman–Crippen MR) is 39.6 cm³/mol. The second-order valence-corrected chi connectivity index (χ2v) is 3.00. The van der Waals surface area contributed by atoms with E-state index in [0.717, 1.165) is 0 Å². The van der Waals surface area contributed by atoms with Gasteiger partial charge in [-0.2, -0.15) is 0 Å². The molecule has 8 heavy (non-hydrogen) atoms. The third-order valence-corrected chi connectivity index (χ3v) is 2.42. The third-order valence-electron chi connectivity index (χ3n) is 0.431. The van der Waals surface area contributed by atoms with Gasteiger partial charge in [0.2, 0.25) is 8.03 Å². The van der Waals surface area contributed by atoms with Crippen molar-refractivity contribution in [1.29, 1.82) is 0 Å². The molecule has 0 aliphatic heterocycles. The van der Waals surface area contributed by atoms with Gasteiger partial charge in [0.25, 0.3) is 0 Å². The summed E-state index contributed by atoms with van der Waals surface area (Å²) in [6, 6.07) is 0. The summed E-state index contributed by atoms with van der Waals surface area (Å²) >= 11 is 2.83. The number of hydrogen-bond acceptors (Lipinski definition) is 2. The zero-order valence-corrected chi connectivity index (χ0v) is 6.05. The molecule has 0 bridgehead atoms. The quantitative estimate of drug-likeness (QED) is 0.373. The Kier molecular flexibility index (Phi) is 11.0. The van der Waals surface area contributed by atoms with Gasteiger partial charge >= 0.3 is 37.7 Å². The van der Waals surface area contributed by atoms with Crippen LogP contribution in [-0.2, 0) is 4.57 Å². The van der Waals surface area contributed by atoms with Crippen molar-refractivity contribution in [3.05, 3.63) is 0 Å². The SMILES string of the molecule is O=[PH](O)C(O)CBr.[CaH2]. The first-order valence-electron chi connectivity index (χ1n) is 1.65. The Labute approximate surface area is 86.5 Å². The topological polar surface area (TPSA) is 57.5 Å². The maximum absolute atomic E-state index is 9.84. The molecule has 0 aliphatic carbocycles. The van der Waals surface area contributed by atoms with Crippen LogP contribution in [-0.4, -0.2) is 58.9 Å². The first kappa shape index (κ1) is 12.6. The van der Waals surface area contributed by atoms with E-state index in [9.17, 15) is 4.57 Å². The molecule has 2 atom stereocenters. The average molecular weight is 231 g/mol. The van der Waals surface area contributed by atoms with E-state index in [2.05, 4.69) is 15.9 Å².